The smallest absolute Gasteiger partial charge is 0.237 e. The maximum atomic E-state index is 11.8. The maximum Gasteiger partial charge on any atom is 0.237 e. The number of nitrogens with two attached hydrogens (primary N) is 2. The van der Waals surface area contributed by atoms with Crippen molar-refractivity contribution in [2.24, 2.45) is 17.4 Å². The summed E-state index contributed by atoms with van der Waals surface area (Å²) >= 11 is 0. The third kappa shape index (κ3) is 4.49. The zero-order valence-corrected chi connectivity index (χ0v) is 10.4. The Kier molecular flexibility index (Phi) is 5.22. The van der Waals surface area contributed by atoms with Crippen LogP contribution in [0.4, 0.5) is 0 Å². The maximum absolute atomic E-state index is 11.8. The van der Waals surface area contributed by atoms with Gasteiger partial charge in [-0.3, -0.25) is 4.79 Å². The molecule has 0 aromatic rings. The number of carbonyl (C=O) groups is 1. The lowest BCUT2D eigenvalue weighted by Crippen LogP contribution is -2.47. The van der Waals surface area contributed by atoms with E-state index in [9.17, 15) is 4.79 Å². The van der Waals surface area contributed by atoms with Crippen molar-refractivity contribution in [3.63, 3.8) is 0 Å². The molecule has 1 fully saturated rings. The molecular formula is C12H25N3O. The van der Waals surface area contributed by atoms with Crippen molar-refractivity contribution >= 4 is 5.91 Å². The van der Waals surface area contributed by atoms with Crippen molar-refractivity contribution in [1.82, 2.24) is 5.32 Å². The molecule has 0 heterocycles. The third-order valence-corrected chi connectivity index (χ3v) is 3.18. The topological polar surface area (TPSA) is 81.1 Å². The molecule has 0 aromatic carbocycles. The Morgan fingerprint density at radius 2 is 1.88 bits per heavy atom. The van der Waals surface area contributed by atoms with Crippen LogP contribution in [0, 0.1) is 5.92 Å². The second-order valence-corrected chi connectivity index (χ2v) is 5.36. The van der Waals surface area contributed by atoms with E-state index in [-0.39, 0.29) is 18.0 Å². The van der Waals surface area contributed by atoms with Gasteiger partial charge in [-0.2, -0.15) is 0 Å². The molecule has 1 atom stereocenters. The number of hydrogen-bond acceptors (Lipinski definition) is 3. The number of rotatable bonds is 4. The SMILES string of the molecule is CC(C)C[C@@H](N)C(=O)NC1CCC(N)CC1. The summed E-state index contributed by atoms with van der Waals surface area (Å²) in [5.74, 6) is 0.453. The van der Waals surface area contributed by atoms with Gasteiger partial charge in [0.25, 0.3) is 0 Å². The molecule has 1 saturated carbocycles. The van der Waals surface area contributed by atoms with Gasteiger partial charge in [-0.15, -0.1) is 0 Å². The van der Waals surface area contributed by atoms with Gasteiger partial charge in [0, 0.05) is 12.1 Å². The van der Waals surface area contributed by atoms with E-state index in [4.69, 9.17) is 11.5 Å². The highest BCUT2D eigenvalue weighted by Gasteiger charge is 2.22. The third-order valence-electron chi connectivity index (χ3n) is 3.18. The summed E-state index contributed by atoms with van der Waals surface area (Å²) in [4.78, 5) is 11.8. The average Bonchev–Trinajstić information content (AvgIpc) is 2.20. The number of hydrogen-bond donors (Lipinski definition) is 3. The fourth-order valence-corrected chi connectivity index (χ4v) is 2.19. The Morgan fingerprint density at radius 1 is 1.31 bits per heavy atom. The highest BCUT2D eigenvalue weighted by Crippen LogP contribution is 2.17. The van der Waals surface area contributed by atoms with E-state index in [0.29, 0.717) is 12.0 Å². The van der Waals surface area contributed by atoms with Crippen LogP contribution >= 0.6 is 0 Å². The van der Waals surface area contributed by atoms with Crippen LogP contribution in [0.25, 0.3) is 0 Å². The Morgan fingerprint density at radius 3 is 2.38 bits per heavy atom. The predicted octanol–water partition coefficient (Wildman–Crippen LogP) is 0.746. The molecule has 1 aliphatic rings. The quantitative estimate of drug-likeness (QED) is 0.663. The molecule has 0 radical (unpaired) electrons. The van der Waals surface area contributed by atoms with Gasteiger partial charge in [0.15, 0.2) is 0 Å². The van der Waals surface area contributed by atoms with Gasteiger partial charge < -0.3 is 16.8 Å². The fraction of sp³-hybridized carbons (Fsp3) is 0.917. The summed E-state index contributed by atoms with van der Waals surface area (Å²) in [6.07, 6.45) is 4.73. The van der Waals surface area contributed by atoms with Crippen LogP contribution in [0.1, 0.15) is 46.0 Å². The molecule has 94 valence electrons. The minimum absolute atomic E-state index is 0.00540. The minimum atomic E-state index is -0.365. The van der Waals surface area contributed by atoms with E-state index in [1.165, 1.54) is 0 Å². The van der Waals surface area contributed by atoms with Crippen molar-refractivity contribution < 1.29 is 4.79 Å². The van der Waals surface area contributed by atoms with Gasteiger partial charge in [-0.25, -0.2) is 0 Å². The van der Waals surface area contributed by atoms with Crippen molar-refractivity contribution in [2.75, 3.05) is 0 Å². The van der Waals surface area contributed by atoms with Crippen molar-refractivity contribution in [3.05, 3.63) is 0 Å². The monoisotopic (exact) mass is 227 g/mol. The molecule has 1 amide bonds. The first kappa shape index (κ1) is 13.5. The van der Waals surface area contributed by atoms with Crippen LogP contribution in [0.15, 0.2) is 0 Å². The molecule has 1 aliphatic carbocycles. The largest absolute Gasteiger partial charge is 0.352 e. The van der Waals surface area contributed by atoms with Crippen LogP contribution in [-0.2, 0) is 4.79 Å². The Hall–Kier alpha value is -0.610. The van der Waals surface area contributed by atoms with E-state index >= 15 is 0 Å². The first-order valence-electron chi connectivity index (χ1n) is 6.30. The molecule has 0 unspecified atom stereocenters. The Balaban J connectivity index is 2.28. The summed E-state index contributed by atoms with van der Waals surface area (Å²) in [6.45, 7) is 4.15. The Labute approximate surface area is 98.1 Å². The predicted molar refractivity (Wildman–Crippen MR) is 65.8 cm³/mol. The number of amides is 1. The summed E-state index contributed by atoms with van der Waals surface area (Å²) in [5, 5.41) is 3.03. The highest BCUT2D eigenvalue weighted by molar-refractivity contribution is 5.81. The van der Waals surface area contributed by atoms with Gasteiger partial charge in [-0.05, 0) is 38.0 Å². The molecule has 0 aromatic heterocycles. The van der Waals surface area contributed by atoms with Crippen LogP contribution in [0.3, 0.4) is 0 Å². The lowest BCUT2D eigenvalue weighted by molar-refractivity contribution is -0.123. The standard InChI is InChI=1S/C12H25N3O/c1-8(2)7-11(14)12(16)15-10-5-3-9(13)4-6-10/h8-11H,3-7,13-14H2,1-2H3,(H,15,16)/t9?,10?,11-/m1/s1. The van der Waals surface area contributed by atoms with Crippen molar-refractivity contribution in [2.45, 2.75) is 64.1 Å². The van der Waals surface area contributed by atoms with E-state index in [0.717, 1.165) is 32.1 Å². The molecular weight excluding hydrogens is 202 g/mol. The second kappa shape index (κ2) is 6.21. The number of carbonyl (C=O) groups excluding carboxylic acids is 1. The second-order valence-electron chi connectivity index (χ2n) is 5.36. The van der Waals surface area contributed by atoms with Gasteiger partial charge in [-0.1, -0.05) is 13.8 Å². The van der Waals surface area contributed by atoms with Crippen LogP contribution in [-0.4, -0.2) is 24.0 Å². The molecule has 4 nitrogen and oxygen atoms in total. The lowest BCUT2D eigenvalue weighted by Gasteiger charge is -2.28. The van der Waals surface area contributed by atoms with Gasteiger partial charge in [0.05, 0.1) is 6.04 Å². The fourth-order valence-electron chi connectivity index (χ4n) is 2.19. The molecule has 4 heteroatoms. The highest BCUT2D eigenvalue weighted by atomic mass is 16.2. The molecule has 0 bridgehead atoms. The normalized spacial score (nSPS) is 27.8. The number of nitrogens with one attached hydrogen (secondary N) is 1. The van der Waals surface area contributed by atoms with Crippen LogP contribution in [0.5, 0.6) is 0 Å². The molecule has 16 heavy (non-hydrogen) atoms. The molecule has 5 N–H and O–H groups in total. The zero-order chi connectivity index (χ0) is 12.1. The van der Waals surface area contributed by atoms with Crippen molar-refractivity contribution in [1.29, 1.82) is 0 Å². The lowest BCUT2D eigenvalue weighted by atomic mass is 9.91. The van der Waals surface area contributed by atoms with E-state index < -0.39 is 0 Å². The van der Waals surface area contributed by atoms with E-state index in [1.54, 1.807) is 0 Å². The van der Waals surface area contributed by atoms with Crippen LogP contribution < -0.4 is 16.8 Å². The average molecular weight is 227 g/mol. The minimum Gasteiger partial charge on any atom is -0.352 e. The van der Waals surface area contributed by atoms with Crippen molar-refractivity contribution in [3.8, 4) is 0 Å². The molecule has 1 rings (SSSR count). The summed E-state index contributed by atoms with van der Waals surface area (Å²) < 4.78 is 0. The molecule has 0 spiro atoms. The Bertz CT molecular complexity index is 222. The van der Waals surface area contributed by atoms with E-state index in [1.807, 2.05) is 0 Å². The van der Waals surface area contributed by atoms with Gasteiger partial charge in [0.1, 0.15) is 0 Å². The summed E-state index contributed by atoms with van der Waals surface area (Å²) in [7, 11) is 0. The van der Waals surface area contributed by atoms with Gasteiger partial charge in [0.2, 0.25) is 5.91 Å². The van der Waals surface area contributed by atoms with Gasteiger partial charge >= 0.3 is 0 Å². The first-order valence-corrected chi connectivity index (χ1v) is 6.30. The van der Waals surface area contributed by atoms with Crippen LogP contribution in [0.2, 0.25) is 0 Å². The molecule has 0 aliphatic heterocycles. The summed E-state index contributed by atoms with van der Waals surface area (Å²) in [5.41, 5.74) is 11.6. The summed E-state index contributed by atoms with van der Waals surface area (Å²) in [6, 6.07) is 0.235. The first-order chi connectivity index (χ1) is 7.49. The molecule has 0 saturated heterocycles. The zero-order valence-electron chi connectivity index (χ0n) is 10.4. The van der Waals surface area contributed by atoms with E-state index in [2.05, 4.69) is 19.2 Å².